The van der Waals surface area contributed by atoms with Gasteiger partial charge in [-0.2, -0.15) is 0 Å². The first kappa shape index (κ1) is 14.2. The van der Waals surface area contributed by atoms with Crippen molar-refractivity contribution in [2.75, 3.05) is 17.7 Å². The van der Waals surface area contributed by atoms with E-state index < -0.39 is 0 Å². The fourth-order valence-electron chi connectivity index (χ4n) is 1.64. The van der Waals surface area contributed by atoms with Crippen LogP contribution in [-0.2, 0) is 4.79 Å². The van der Waals surface area contributed by atoms with Crippen LogP contribution in [0.4, 0.5) is 11.4 Å². The molecule has 0 aliphatic heterocycles. The Labute approximate surface area is 122 Å². The average Bonchev–Trinajstić information content (AvgIpc) is 2.41. The third-order valence-electron chi connectivity index (χ3n) is 2.60. The minimum absolute atomic E-state index is 0.151. The molecule has 0 spiro atoms. The highest BCUT2D eigenvalue weighted by molar-refractivity contribution is 6.33. The van der Waals surface area contributed by atoms with Gasteiger partial charge < -0.3 is 15.8 Å². The summed E-state index contributed by atoms with van der Waals surface area (Å²) < 4.78 is 5.45. The van der Waals surface area contributed by atoms with Gasteiger partial charge in [0.1, 0.15) is 5.75 Å². The third-order valence-corrected chi connectivity index (χ3v) is 2.93. The van der Waals surface area contributed by atoms with Crippen molar-refractivity contribution in [2.45, 2.75) is 6.42 Å². The molecular weight excluding hydrogens is 276 g/mol. The van der Waals surface area contributed by atoms with E-state index in [2.05, 4.69) is 5.32 Å². The predicted octanol–water partition coefficient (Wildman–Crippen LogP) is 3.33. The summed E-state index contributed by atoms with van der Waals surface area (Å²) in [6, 6.07) is 14.2. The van der Waals surface area contributed by atoms with E-state index in [9.17, 15) is 4.79 Å². The summed E-state index contributed by atoms with van der Waals surface area (Å²) in [4.78, 5) is 11.7. The number of nitrogens with one attached hydrogen (secondary N) is 1. The summed E-state index contributed by atoms with van der Waals surface area (Å²) in [7, 11) is 0. The van der Waals surface area contributed by atoms with E-state index >= 15 is 0 Å². The van der Waals surface area contributed by atoms with Gasteiger partial charge in [-0.25, -0.2) is 0 Å². The lowest BCUT2D eigenvalue weighted by Crippen LogP contribution is -2.15. The number of carbonyl (C=O) groups excluding carboxylic acids is 1. The molecule has 2 aromatic rings. The van der Waals surface area contributed by atoms with E-state index in [1.54, 1.807) is 42.5 Å². The first-order valence-corrected chi connectivity index (χ1v) is 6.55. The maximum atomic E-state index is 11.7. The van der Waals surface area contributed by atoms with Gasteiger partial charge in [-0.1, -0.05) is 29.8 Å². The number of anilines is 2. The molecule has 0 aromatic heterocycles. The molecule has 0 atom stereocenters. The van der Waals surface area contributed by atoms with Crippen LogP contribution in [-0.4, -0.2) is 12.5 Å². The van der Waals surface area contributed by atoms with Crippen molar-refractivity contribution in [1.82, 2.24) is 0 Å². The van der Waals surface area contributed by atoms with Crippen LogP contribution in [0.3, 0.4) is 0 Å². The van der Waals surface area contributed by atoms with Gasteiger partial charge in [0, 0.05) is 11.8 Å². The molecule has 104 valence electrons. The molecule has 2 aromatic carbocycles. The molecule has 0 saturated carbocycles. The fourth-order valence-corrected chi connectivity index (χ4v) is 1.82. The van der Waals surface area contributed by atoms with Crippen molar-refractivity contribution in [2.24, 2.45) is 0 Å². The van der Waals surface area contributed by atoms with Crippen LogP contribution in [0.25, 0.3) is 0 Å². The minimum atomic E-state index is -0.151. The number of carbonyl (C=O) groups is 1. The number of para-hydroxylation sites is 1. The fraction of sp³-hybridized carbons (Fsp3) is 0.133. The third kappa shape index (κ3) is 4.17. The van der Waals surface area contributed by atoms with Crippen molar-refractivity contribution in [1.29, 1.82) is 0 Å². The number of hydrogen-bond acceptors (Lipinski definition) is 3. The zero-order valence-electron chi connectivity index (χ0n) is 10.8. The summed E-state index contributed by atoms with van der Waals surface area (Å²) in [6.07, 6.45) is 0.236. The summed E-state index contributed by atoms with van der Waals surface area (Å²) in [5.74, 6) is 0.498. The Kier molecular flexibility index (Phi) is 4.85. The minimum Gasteiger partial charge on any atom is -0.493 e. The normalized spacial score (nSPS) is 10.1. The van der Waals surface area contributed by atoms with Gasteiger partial charge in [0.2, 0.25) is 5.91 Å². The topological polar surface area (TPSA) is 64.3 Å². The number of halogens is 1. The number of amides is 1. The van der Waals surface area contributed by atoms with Gasteiger partial charge >= 0.3 is 0 Å². The van der Waals surface area contributed by atoms with E-state index in [0.717, 1.165) is 0 Å². The maximum Gasteiger partial charge on any atom is 0.227 e. The van der Waals surface area contributed by atoms with Gasteiger partial charge in [0.05, 0.1) is 23.7 Å². The number of rotatable bonds is 5. The molecule has 0 aliphatic rings. The van der Waals surface area contributed by atoms with E-state index in [1.165, 1.54) is 0 Å². The highest BCUT2D eigenvalue weighted by Gasteiger charge is 2.05. The maximum absolute atomic E-state index is 11.7. The van der Waals surface area contributed by atoms with Crippen molar-refractivity contribution >= 4 is 28.9 Å². The Morgan fingerprint density at radius 1 is 1.20 bits per heavy atom. The first-order chi connectivity index (χ1) is 9.65. The molecule has 0 radical (unpaired) electrons. The number of benzene rings is 2. The highest BCUT2D eigenvalue weighted by atomic mass is 35.5. The van der Waals surface area contributed by atoms with Gasteiger partial charge in [-0.05, 0) is 24.3 Å². The molecule has 0 heterocycles. The quantitative estimate of drug-likeness (QED) is 0.830. The van der Waals surface area contributed by atoms with Crippen LogP contribution in [0.15, 0.2) is 48.5 Å². The molecule has 0 saturated heterocycles. The highest BCUT2D eigenvalue weighted by Crippen LogP contribution is 2.20. The second-order valence-corrected chi connectivity index (χ2v) is 4.61. The molecule has 3 N–H and O–H groups in total. The zero-order valence-corrected chi connectivity index (χ0v) is 11.6. The van der Waals surface area contributed by atoms with Gasteiger partial charge in [0.25, 0.3) is 0 Å². The zero-order chi connectivity index (χ0) is 14.4. The largest absolute Gasteiger partial charge is 0.493 e. The van der Waals surface area contributed by atoms with E-state index in [4.69, 9.17) is 22.1 Å². The summed E-state index contributed by atoms with van der Waals surface area (Å²) in [5.41, 5.74) is 6.86. The van der Waals surface area contributed by atoms with Crippen molar-refractivity contribution in [3.63, 3.8) is 0 Å². The predicted molar refractivity (Wildman–Crippen MR) is 81.0 cm³/mol. The number of hydrogen-bond donors (Lipinski definition) is 2. The monoisotopic (exact) mass is 290 g/mol. The smallest absolute Gasteiger partial charge is 0.227 e. The van der Waals surface area contributed by atoms with Crippen molar-refractivity contribution < 1.29 is 9.53 Å². The molecule has 2 rings (SSSR count). The van der Waals surface area contributed by atoms with Crippen LogP contribution in [0.1, 0.15) is 6.42 Å². The van der Waals surface area contributed by atoms with E-state index in [0.29, 0.717) is 22.1 Å². The van der Waals surface area contributed by atoms with E-state index in [1.807, 2.05) is 6.07 Å². The average molecular weight is 291 g/mol. The Bertz CT molecular complexity index is 602. The Balaban J connectivity index is 1.80. The van der Waals surface area contributed by atoms with Crippen LogP contribution < -0.4 is 15.8 Å². The Morgan fingerprint density at radius 3 is 2.75 bits per heavy atom. The van der Waals surface area contributed by atoms with Crippen LogP contribution >= 0.6 is 11.6 Å². The molecule has 0 aliphatic carbocycles. The van der Waals surface area contributed by atoms with Crippen molar-refractivity contribution in [3.8, 4) is 5.75 Å². The van der Waals surface area contributed by atoms with Gasteiger partial charge in [-0.15, -0.1) is 0 Å². The molecule has 1 amide bonds. The first-order valence-electron chi connectivity index (χ1n) is 6.18. The number of ether oxygens (including phenoxy) is 1. The second kappa shape index (κ2) is 6.82. The SMILES string of the molecule is Nc1cccc(OCCC(=O)Nc2ccccc2Cl)c1. The van der Waals surface area contributed by atoms with Gasteiger partial charge in [0.15, 0.2) is 0 Å². The summed E-state index contributed by atoms with van der Waals surface area (Å²) in [5, 5.41) is 3.24. The van der Waals surface area contributed by atoms with Crippen LogP contribution in [0.5, 0.6) is 5.75 Å². The van der Waals surface area contributed by atoms with Crippen molar-refractivity contribution in [3.05, 3.63) is 53.6 Å². The standard InChI is InChI=1S/C15H15ClN2O2/c16-13-6-1-2-7-14(13)18-15(19)8-9-20-12-5-3-4-11(17)10-12/h1-7,10H,8-9,17H2,(H,18,19). The van der Waals surface area contributed by atoms with Gasteiger partial charge in [-0.3, -0.25) is 4.79 Å². The van der Waals surface area contributed by atoms with Crippen LogP contribution in [0.2, 0.25) is 5.02 Å². The Morgan fingerprint density at radius 2 is 2.00 bits per heavy atom. The lowest BCUT2D eigenvalue weighted by Gasteiger charge is -2.08. The van der Waals surface area contributed by atoms with E-state index in [-0.39, 0.29) is 18.9 Å². The lowest BCUT2D eigenvalue weighted by molar-refractivity contribution is -0.116. The lowest BCUT2D eigenvalue weighted by atomic mass is 10.3. The summed E-state index contributed by atoms with van der Waals surface area (Å²) in [6.45, 7) is 0.278. The summed E-state index contributed by atoms with van der Waals surface area (Å²) >= 11 is 5.96. The Hall–Kier alpha value is -2.20. The molecule has 4 nitrogen and oxygen atoms in total. The number of nitrogens with two attached hydrogens (primary N) is 1. The second-order valence-electron chi connectivity index (χ2n) is 4.20. The molecular formula is C15H15ClN2O2. The molecule has 0 fully saturated rings. The molecule has 5 heteroatoms. The van der Waals surface area contributed by atoms with Crippen LogP contribution in [0, 0.1) is 0 Å². The molecule has 0 unspecified atom stereocenters. The molecule has 20 heavy (non-hydrogen) atoms. The molecule has 0 bridgehead atoms. The number of nitrogen functional groups attached to an aromatic ring is 1.